The molecule has 0 spiro atoms. The molecule has 6 nitrogen and oxygen atoms in total. The van der Waals surface area contributed by atoms with Crippen LogP contribution in [0.4, 0.5) is 27.6 Å². The van der Waals surface area contributed by atoms with Crippen LogP contribution in [0.2, 0.25) is 0 Å². The van der Waals surface area contributed by atoms with Crippen LogP contribution in [0.3, 0.4) is 0 Å². The number of hydrogen-bond acceptors (Lipinski definition) is 3. The third kappa shape index (κ3) is 609. The van der Waals surface area contributed by atoms with Gasteiger partial charge in [-0.1, -0.05) is 0 Å². The van der Waals surface area contributed by atoms with Crippen LogP contribution in [-0.4, -0.2) is 34.0 Å². The molecule has 13 heavy (non-hydrogen) atoms. The predicted molar refractivity (Wildman–Crippen MR) is 27.4 cm³/mol. The molecule has 0 aromatic heterocycles. The Morgan fingerprint density at radius 3 is 0.692 bits per heavy atom. The van der Waals surface area contributed by atoms with Crippen LogP contribution in [0, 0.1) is 0 Å². The Hall–Kier alpha value is -1.18. The Bertz CT molecular complexity index is 121. The molecule has 0 aromatic rings. The Kier molecular flexibility index (Phi) is 29.7. The number of rotatable bonds is 0. The van der Waals surface area contributed by atoms with Gasteiger partial charge in [0.25, 0.3) is 0 Å². The maximum atomic E-state index is 9.92. The zero-order valence-corrected chi connectivity index (χ0v) is 7.17. The first kappa shape index (κ1) is 22.6. The van der Waals surface area contributed by atoms with Gasteiger partial charge in [0.2, 0.25) is 0 Å². The standard InChI is InChI=1S/3CHFO2.Rh/c3*2-1(3)4;/h3*(H,3,4);. The molecule has 0 aliphatic rings. The van der Waals surface area contributed by atoms with Crippen molar-refractivity contribution in [3.8, 4) is 0 Å². The molecule has 0 unspecified atom stereocenters. The molecule has 1 radical (unpaired) electrons. The summed E-state index contributed by atoms with van der Waals surface area (Å²) in [5.74, 6) is 0. The van der Waals surface area contributed by atoms with E-state index in [0.29, 0.717) is 0 Å². The molecular formula is C3H3F3O6Rh. The van der Waals surface area contributed by atoms with Crippen molar-refractivity contribution in [2.75, 3.05) is 0 Å². The van der Waals surface area contributed by atoms with E-state index < -0.39 is 18.7 Å². The number of hydrogen-bond donors (Lipinski definition) is 3. The fourth-order valence-electron chi connectivity index (χ4n) is 0. The monoisotopic (exact) mass is 295 g/mol. The van der Waals surface area contributed by atoms with Gasteiger partial charge >= 0.3 is 18.7 Å². The van der Waals surface area contributed by atoms with E-state index in [1.54, 1.807) is 0 Å². The summed E-state index contributed by atoms with van der Waals surface area (Å²) in [5.41, 5.74) is 0. The summed E-state index contributed by atoms with van der Waals surface area (Å²) in [6.07, 6.45) is -7.00. The van der Waals surface area contributed by atoms with E-state index >= 15 is 0 Å². The van der Waals surface area contributed by atoms with Crippen molar-refractivity contribution in [2.24, 2.45) is 0 Å². The zero-order valence-electron chi connectivity index (χ0n) is 5.53. The van der Waals surface area contributed by atoms with Crippen LogP contribution in [0.1, 0.15) is 0 Å². The van der Waals surface area contributed by atoms with Crippen LogP contribution in [0.5, 0.6) is 0 Å². The average Bonchev–Trinajstić information content (AvgIpc) is 1.54. The summed E-state index contributed by atoms with van der Waals surface area (Å²) in [5, 5.41) is 20.2. The maximum Gasteiger partial charge on any atom is 0.492 e. The van der Waals surface area contributed by atoms with Crippen LogP contribution in [-0.2, 0) is 19.5 Å². The van der Waals surface area contributed by atoms with E-state index in [0.717, 1.165) is 0 Å². The van der Waals surface area contributed by atoms with Gasteiger partial charge in [0.1, 0.15) is 0 Å². The van der Waals surface area contributed by atoms with Gasteiger partial charge in [-0.25, -0.2) is 14.4 Å². The minimum Gasteiger partial charge on any atom is -0.456 e. The van der Waals surface area contributed by atoms with E-state index in [9.17, 15) is 13.2 Å². The molecule has 0 aliphatic carbocycles. The number of carboxylic acid groups (broad SMARTS) is 3. The Balaban J connectivity index is -0.0000000450. The molecule has 0 rings (SSSR count). The molecule has 0 heterocycles. The first-order valence-electron chi connectivity index (χ1n) is 1.85. The fourth-order valence-corrected chi connectivity index (χ4v) is 0. The predicted octanol–water partition coefficient (Wildman–Crippen LogP) is 1.90. The Morgan fingerprint density at radius 1 is 0.692 bits per heavy atom. The summed E-state index contributed by atoms with van der Waals surface area (Å²) < 4.78 is 29.8. The van der Waals surface area contributed by atoms with Crippen LogP contribution in [0.25, 0.3) is 0 Å². The summed E-state index contributed by atoms with van der Waals surface area (Å²) >= 11 is 0. The van der Waals surface area contributed by atoms with Gasteiger partial charge in [-0.05, 0) is 0 Å². The summed E-state index contributed by atoms with van der Waals surface area (Å²) in [4.78, 5) is 25.0. The van der Waals surface area contributed by atoms with Crippen molar-refractivity contribution in [3.05, 3.63) is 0 Å². The van der Waals surface area contributed by atoms with E-state index in [-0.39, 0.29) is 19.5 Å². The van der Waals surface area contributed by atoms with Gasteiger partial charge in [-0.2, -0.15) is 0 Å². The van der Waals surface area contributed by atoms with Crippen molar-refractivity contribution in [3.63, 3.8) is 0 Å². The first-order valence-corrected chi connectivity index (χ1v) is 1.85. The van der Waals surface area contributed by atoms with Crippen molar-refractivity contribution in [1.82, 2.24) is 0 Å². The second kappa shape index (κ2) is 17.1. The minimum atomic E-state index is -2.33. The van der Waals surface area contributed by atoms with E-state index in [1.165, 1.54) is 0 Å². The van der Waals surface area contributed by atoms with Crippen LogP contribution in [0.15, 0.2) is 0 Å². The Morgan fingerprint density at radius 2 is 0.692 bits per heavy atom. The Labute approximate surface area is 81.7 Å². The summed E-state index contributed by atoms with van der Waals surface area (Å²) in [7, 11) is 0. The van der Waals surface area contributed by atoms with Crippen molar-refractivity contribution in [1.29, 1.82) is 0 Å². The van der Waals surface area contributed by atoms with Gasteiger partial charge in [0, 0.05) is 19.5 Å². The quantitative estimate of drug-likeness (QED) is 0.465. The molecule has 0 bridgehead atoms. The van der Waals surface area contributed by atoms with E-state index in [1.807, 2.05) is 0 Å². The molecule has 0 aromatic carbocycles. The smallest absolute Gasteiger partial charge is 0.456 e. The van der Waals surface area contributed by atoms with E-state index in [2.05, 4.69) is 0 Å². The molecule has 0 atom stereocenters. The maximum absolute atomic E-state index is 9.92. The molecule has 0 amide bonds. The first-order chi connectivity index (χ1) is 5.20. The van der Waals surface area contributed by atoms with E-state index in [4.69, 9.17) is 29.7 Å². The topological polar surface area (TPSA) is 112 Å². The van der Waals surface area contributed by atoms with Crippen molar-refractivity contribution < 1.29 is 62.4 Å². The molecule has 0 saturated heterocycles. The minimum absolute atomic E-state index is 0. The molecule has 3 N–H and O–H groups in total. The van der Waals surface area contributed by atoms with Crippen LogP contribution >= 0.6 is 0 Å². The fraction of sp³-hybridized carbons (Fsp3) is 0. The third-order valence-electron chi connectivity index (χ3n) is 0. The molecule has 0 aliphatic heterocycles. The van der Waals surface area contributed by atoms with Gasteiger partial charge in [-0.3, -0.25) is 0 Å². The van der Waals surface area contributed by atoms with Crippen molar-refractivity contribution >= 4 is 18.7 Å². The average molecular weight is 295 g/mol. The summed E-state index contributed by atoms with van der Waals surface area (Å²) in [6.45, 7) is 0. The normalized spacial score (nSPS) is 5.77. The SMILES string of the molecule is O=C(O)F.O=C(O)F.O=C(O)F.[Rh]. The molecular weight excluding hydrogens is 292 g/mol. The van der Waals surface area contributed by atoms with Crippen LogP contribution < -0.4 is 0 Å². The number of carbonyl (C=O) groups is 3. The summed E-state index contributed by atoms with van der Waals surface area (Å²) in [6, 6.07) is 0. The molecule has 0 fully saturated rings. The molecule has 0 saturated carbocycles. The van der Waals surface area contributed by atoms with Crippen molar-refractivity contribution in [2.45, 2.75) is 0 Å². The molecule has 10 heteroatoms. The van der Waals surface area contributed by atoms with Gasteiger partial charge in [-0.15, -0.1) is 13.2 Å². The molecule has 81 valence electrons. The zero-order chi connectivity index (χ0) is 10.7. The number of halogens is 3. The second-order valence-corrected chi connectivity index (χ2v) is 0.759. The third-order valence-corrected chi connectivity index (χ3v) is 0. The second-order valence-electron chi connectivity index (χ2n) is 0.759. The van der Waals surface area contributed by atoms with Gasteiger partial charge in [0.15, 0.2) is 0 Å². The largest absolute Gasteiger partial charge is 0.492 e. The van der Waals surface area contributed by atoms with Gasteiger partial charge in [0.05, 0.1) is 0 Å². The van der Waals surface area contributed by atoms with Gasteiger partial charge < -0.3 is 15.3 Å².